The van der Waals surface area contributed by atoms with Crippen LogP contribution < -0.4 is 15.0 Å². The van der Waals surface area contributed by atoms with E-state index in [1.807, 2.05) is 0 Å². The highest BCUT2D eigenvalue weighted by Crippen LogP contribution is 2.56. The molecule has 148 valence electrons. The van der Waals surface area contributed by atoms with Crippen molar-refractivity contribution in [2.45, 2.75) is 19.3 Å². The van der Waals surface area contributed by atoms with Crippen LogP contribution in [0, 0.1) is 23.7 Å². The van der Waals surface area contributed by atoms with Gasteiger partial charge in [0.05, 0.1) is 24.6 Å². The van der Waals surface area contributed by atoms with E-state index >= 15 is 0 Å². The second-order valence-electron chi connectivity index (χ2n) is 8.13. The molecule has 0 unspecified atom stereocenters. The number of hydrogen-bond acceptors (Lipinski definition) is 4. The lowest BCUT2D eigenvalue weighted by Gasteiger charge is -2.19. The Morgan fingerprint density at radius 2 is 1.66 bits per heavy atom. The van der Waals surface area contributed by atoms with Gasteiger partial charge in [0, 0.05) is 11.3 Å². The summed E-state index contributed by atoms with van der Waals surface area (Å²) < 4.78 is 5.12. The highest BCUT2D eigenvalue weighted by Gasteiger charge is 2.61. The lowest BCUT2D eigenvalue weighted by molar-refractivity contribution is -0.123. The molecule has 6 heteroatoms. The molecule has 1 saturated heterocycles. The molecule has 2 aromatic carbocycles. The molecular formula is C23H22N2O4. The first-order valence-corrected chi connectivity index (χ1v) is 10.00. The maximum atomic E-state index is 13.0. The lowest BCUT2D eigenvalue weighted by atomic mass is 9.81. The van der Waals surface area contributed by atoms with Gasteiger partial charge in [-0.1, -0.05) is 6.07 Å². The molecule has 0 radical (unpaired) electrons. The Balaban J connectivity index is 1.37. The van der Waals surface area contributed by atoms with E-state index in [-0.39, 0.29) is 29.6 Å². The third kappa shape index (κ3) is 2.82. The molecule has 1 N–H and O–H groups in total. The summed E-state index contributed by atoms with van der Waals surface area (Å²) >= 11 is 0. The molecule has 6 nitrogen and oxygen atoms in total. The van der Waals surface area contributed by atoms with Gasteiger partial charge in [-0.15, -0.1) is 0 Å². The Hall–Kier alpha value is -3.15. The average molecular weight is 390 g/mol. The molecule has 4 atom stereocenters. The lowest BCUT2D eigenvalue weighted by Crippen LogP contribution is -2.33. The van der Waals surface area contributed by atoms with Crippen LogP contribution in [0.4, 0.5) is 11.4 Å². The molecule has 2 aromatic rings. The van der Waals surface area contributed by atoms with Crippen LogP contribution >= 0.6 is 0 Å². The maximum Gasteiger partial charge on any atom is 0.255 e. The number of nitrogens with one attached hydrogen (secondary N) is 1. The zero-order valence-electron chi connectivity index (χ0n) is 16.1. The standard InChI is InChI=1S/C23H22N2O4/c1-29-18-9-7-16(8-10-18)24-21(26)15-3-2-4-17(12-15)25-22(27)19-13-5-6-14(11-13)20(19)23(25)28/h2-4,7-10,12-14,19-20H,5-6,11H2,1H3,(H,24,26)/t13-,14+,19-,20+. The van der Waals surface area contributed by atoms with E-state index in [4.69, 9.17) is 4.74 Å². The fourth-order valence-electron chi connectivity index (χ4n) is 5.33. The van der Waals surface area contributed by atoms with Crippen LogP contribution in [0.1, 0.15) is 29.6 Å². The number of methoxy groups -OCH3 is 1. The molecule has 5 rings (SSSR count). The van der Waals surface area contributed by atoms with Crippen molar-refractivity contribution >= 4 is 29.1 Å². The smallest absolute Gasteiger partial charge is 0.255 e. The van der Waals surface area contributed by atoms with Gasteiger partial charge in [0.1, 0.15) is 5.75 Å². The van der Waals surface area contributed by atoms with E-state index < -0.39 is 0 Å². The van der Waals surface area contributed by atoms with Gasteiger partial charge in [0.25, 0.3) is 5.91 Å². The molecule has 3 fully saturated rings. The molecular weight excluding hydrogens is 368 g/mol. The first-order valence-electron chi connectivity index (χ1n) is 10.00. The van der Waals surface area contributed by atoms with E-state index in [0.29, 0.717) is 34.5 Å². The minimum absolute atomic E-state index is 0.0973. The summed E-state index contributed by atoms with van der Waals surface area (Å²) in [5, 5.41) is 2.83. The van der Waals surface area contributed by atoms with Crippen molar-refractivity contribution in [2.75, 3.05) is 17.3 Å². The van der Waals surface area contributed by atoms with E-state index in [0.717, 1.165) is 19.3 Å². The second-order valence-corrected chi connectivity index (χ2v) is 8.13. The highest BCUT2D eigenvalue weighted by atomic mass is 16.5. The molecule has 0 spiro atoms. The number of ether oxygens (including phenoxy) is 1. The maximum absolute atomic E-state index is 13.0. The third-order valence-electron chi connectivity index (χ3n) is 6.64. The molecule has 3 amide bonds. The van der Waals surface area contributed by atoms with Crippen molar-refractivity contribution in [3.05, 3.63) is 54.1 Å². The van der Waals surface area contributed by atoms with Gasteiger partial charge in [-0.2, -0.15) is 0 Å². The van der Waals surface area contributed by atoms with Crippen LogP contribution in [-0.2, 0) is 9.59 Å². The van der Waals surface area contributed by atoms with Gasteiger partial charge in [-0.25, -0.2) is 0 Å². The molecule has 2 aliphatic carbocycles. The Kier molecular flexibility index (Phi) is 4.15. The fraction of sp³-hybridized carbons (Fsp3) is 0.348. The van der Waals surface area contributed by atoms with Gasteiger partial charge in [0.2, 0.25) is 11.8 Å². The van der Waals surface area contributed by atoms with Gasteiger partial charge in [-0.05, 0) is 73.6 Å². The van der Waals surface area contributed by atoms with E-state index in [1.165, 1.54) is 4.90 Å². The molecule has 1 heterocycles. The van der Waals surface area contributed by atoms with E-state index in [9.17, 15) is 14.4 Å². The molecule has 2 bridgehead atoms. The third-order valence-corrected chi connectivity index (χ3v) is 6.64. The van der Waals surface area contributed by atoms with Crippen molar-refractivity contribution in [2.24, 2.45) is 23.7 Å². The Bertz CT molecular complexity index is 972. The van der Waals surface area contributed by atoms with E-state index in [2.05, 4.69) is 5.32 Å². The summed E-state index contributed by atoms with van der Waals surface area (Å²) in [6.45, 7) is 0. The Morgan fingerprint density at radius 3 is 2.28 bits per heavy atom. The molecule has 29 heavy (non-hydrogen) atoms. The summed E-state index contributed by atoms with van der Waals surface area (Å²) in [6, 6.07) is 13.8. The zero-order valence-corrected chi connectivity index (χ0v) is 16.1. The summed E-state index contributed by atoms with van der Waals surface area (Å²) in [5.74, 6) is 0.559. The average Bonchev–Trinajstić information content (AvgIpc) is 3.42. The zero-order chi connectivity index (χ0) is 20.1. The number of amides is 3. The predicted molar refractivity (Wildman–Crippen MR) is 108 cm³/mol. The largest absolute Gasteiger partial charge is 0.497 e. The quantitative estimate of drug-likeness (QED) is 0.811. The Labute approximate surface area is 168 Å². The number of rotatable bonds is 4. The molecule has 3 aliphatic rings. The number of hydrogen-bond donors (Lipinski definition) is 1. The second kappa shape index (κ2) is 6.72. The first-order chi connectivity index (χ1) is 14.1. The van der Waals surface area contributed by atoms with Crippen molar-refractivity contribution in [1.29, 1.82) is 0 Å². The summed E-state index contributed by atoms with van der Waals surface area (Å²) in [4.78, 5) is 40.0. The number of carbonyl (C=O) groups excluding carboxylic acids is 3. The first kappa shape index (κ1) is 17.9. The van der Waals surface area contributed by atoms with Crippen LogP contribution in [0.2, 0.25) is 0 Å². The minimum Gasteiger partial charge on any atom is -0.497 e. The predicted octanol–water partition coefficient (Wildman–Crippen LogP) is 3.48. The SMILES string of the molecule is COc1ccc(NC(=O)c2cccc(N3C(=O)[C@@H]4[C@@H]5CC[C@@H](C5)[C@@H]4C3=O)c2)cc1. The number of nitrogens with zero attached hydrogens (tertiary/aromatic N) is 1. The number of carbonyl (C=O) groups is 3. The number of fused-ring (bicyclic) bond motifs is 5. The van der Waals surface area contributed by atoms with Crippen molar-refractivity contribution in [3.8, 4) is 5.75 Å². The van der Waals surface area contributed by atoms with Gasteiger partial charge in [-0.3, -0.25) is 19.3 Å². The highest BCUT2D eigenvalue weighted by molar-refractivity contribution is 6.23. The van der Waals surface area contributed by atoms with Crippen LogP contribution in [0.5, 0.6) is 5.75 Å². The van der Waals surface area contributed by atoms with Crippen molar-refractivity contribution in [3.63, 3.8) is 0 Å². The van der Waals surface area contributed by atoms with Gasteiger partial charge >= 0.3 is 0 Å². The van der Waals surface area contributed by atoms with Gasteiger partial charge in [0.15, 0.2) is 0 Å². The summed E-state index contributed by atoms with van der Waals surface area (Å²) in [6.07, 6.45) is 3.09. The van der Waals surface area contributed by atoms with Gasteiger partial charge < -0.3 is 10.1 Å². The number of benzene rings is 2. The van der Waals surface area contributed by atoms with Crippen molar-refractivity contribution < 1.29 is 19.1 Å². The summed E-state index contributed by atoms with van der Waals surface area (Å²) in [7, 11) is 1.58. The van der Waals surface area contributed by atoms with Crippen LogP contribution in [-0.4, -0.2) is 24.8 Å². The molecule has 2 saturated carbocycles. The minimum atomic E-state index is -0.295. The molecule has 0 aromatic heterocycles. The van der Waals surface area contributed by atoms with Crippen molar-refractivity contribution in [1.82, 2.24) is 0 Å². The van der Waals surface area contributed by atoms with Crippen LogP contribution in [0.15, 0.2) is 48.5 Å². The fourth-order valence-corrected chi connectivity index (χ4v) is 5.33. The number of imide groups is 1. The topological polar surface area (TPSA) is 75.7 Å². The van der Waals surface area contributed by atoms with Crippen LogP contribution in [0.3, 0.4) is 0 Å². The number of anilines is 2. The summed E-state index contributed by atoms with van der Waals surface area (Å²) in [5.41, 5.74) is 1.52. The Morgan fingerprint density at radius 1 is 1.00 bits per heavy atom. The van der Waals surface area contributed by atoms with E-state index in [1.54, 1.807) is 55.6 Å². The monoisotopic (exact) mass is 390 g/mol. The van der Waals surface area contributed by atoms with Crippen LogP contribution in [0.25, 0.3) is 0 Å². The molecule has 1 aliphatic heterocycles. The normalized spacial score (nSPS) is 27.3.